The van der Waals surface area contributed by atoms with Gasteiger partial charge < -0.3 is 19.0 Å². The van der Waals surface area contributed by atoms with Crippen LogP contribution < -0.4 is 9.50 Å². The predicted octanol–water partition coefficient (Wildman–Crippen LogP) is 3.85. The van der Waals surface area contributed by atoms with E-state index in [4.69, 9.17) is 13.7 Å². The lowest BCUT2D eigenvalue weighted by Crippen LogP contribution is -2.35. The molecule has 3 aromatic rings. The first kappa shape index (κ1) is 25.8. The second kappa shape index (κ2) is 12.6. The van der Waals surface area contributed by atoms with E-state index in [-0.39, 0.29) is 31.9 Å². The number of carbonyl (C=O) groups is 2. The van der Waals surface area contributed by atoms with Crippen LogP contribution in [0.4, 0.5) is 4.79 Å². The molecular weight excluding hydrogens is 470 g/mol. The van der Waals surface area contributed by atoms with Gasteiger partial charge >= 0.3 is 22.2 Å². The zero-order valence-electron chi connectivity index (χ0n) is 19.3. The van der Waals surface area contributed by atoms with Crippen LogP contribution in [-0.4, -0.2) is 33.3 Å². The van der Waals surface area contributed by atoms with E-state index in [1.165, 1.54) is 12.1 Å². The molecule has 0 aliphatic heterocycles. The SMILES string of the molecule is CS(=O)(=O)Oc1ccc(CC(CNC(=O)OCc2ccccc2)C(=O)OCc2ccccc2)cc1. The van der Waals surface area contributed by atoms with E-state index < -0.39 is 28.1 Å². The highest BCUT2D eigenvalue weighted by Crippen LogP contribution is 2.18. The van der Waals surface area contributed by atoms with Gasteiger partial charge in [0.25, 0.3) is 0 Å². The molecule has 0 bridgehead atoms. The normalized spacial score (nSPS) is 11.8. The number of ether oxygens (including phenoxy) is 2. The van der Waals surface area contributed by atoms with Gasteiger partial charge in [-0.1, -0.05) is 72.8 Å². The van der Waals surface area contributed by atoms with Gasteiger partial charge in [0.1, 0.15) is 19.0 Å². The fourth-order valence-electron chi connectivity index (χ4n) is 3.21. The van der Waals surface area contributed by atoms with Crippen LogP contribution in [-0.2, 0) is 44.0 Å². The number of hydrogen-bond donors (Lipinski definition) is 1. The molecule has 0 fully saturated rings. The van der Waals surface area contributed by atoms with Crippen LogP contribution in [0.3, 0.4) is 0 Å². The lowest BCUT2D eigenvalue weighted by Gasteiger charge is -2.17. The molecule has 1 N–H and O–H groups in total. The van der Waals surface area contributed by atoms with Crippen molar-refractivity contribution >= 4 is 22.2 Å². The van der Waals surface area contributed by atoms with Crippen molar-refractivity contribution in [1.82, 2.24) is 5.32 Å². The number of hydrogen-bond acceptors (Lipinski definition) is 7. The van der Waals surface area contributed by atoms with Crippen LogP contribution in [0.2, 0.25) is 0 Å². The summed E-state index contributed by atoms with van der Waals surface area (Å²) in [6.45, 7) is 0.218. The van der Waals surface area contributed by atoms with Crippen molar-refractivity contribution in [3.05, 3.63) is 102 Å². The summed E-state index contributed by atoms with van der Waals surface area (Å²) in [5, 5.41) is 2.63. The minimum absolute atomic E-state index is 0.00281. The predicted molar refractivity (Wildman–Crippen MR) is 130 cm³/mol. The zero-order valence-corrected chi connectivity index (χ0v) is 20.1. The zero-order chi connectivity index (χ0) is 25.1. The maximum atomic E-state index is 12.8. The summed E-state index contributed by atoms with van der Waals surface area (Å²) in [4.78, 5) is 25.0. The van der Waals surface area contributed by atoms with Crippen LogP contribution in [0.25, 0.3) is 0 Å². The van der Waals surface area contributed by atoms with Gasteiger partial charge in [-0.15, -0.1) is 0 Å². The summed E-state index contributed by atoms with van der Waals surface area (Å²) in [5.41, 5.74) is 2.43. The van der Waals surface area contributed by atoms with E-state index in [0.717, 1.165) is 22.9 Å². The molecule has 0 saturated heterocycles. The third-order valence-electron chi connectivity index (χ3n) is 4.92. The van der Waals surface area contributed by atoms with Crippen LogP contribution in [0.15, 0.2) is 84.9 Å². The van der Waals surface area contributed by atoms with Crippen molar-refractivity contribution in [2.24, 2.45) is 5.92 Å². The van der Waals surface area contributed by atoms with Crippen molar-refractivity contribution in [1.29, 1.82) is 0 Å². The number of carbonyl (C=O) groups excluding carboxylic acids is 2. The smallest absolute Gasteiger partial charge is 0.407 e. The van der Waals surface area contributed by atoms with Gasteiger partial charge in [-0.3, -0.25) is 4.79 Å². The molecule has 0 heterocycles. The number of amides is 1. The number of esters is 1. The fourth-order valence-corrected chi connectivity index (χ4v) is 3.67. The Morgan fingerprint density at radius 3 is 1.86 bits per heavy atom. The Labute approximate surface area is 205 Å². The van der Waals surface area contributed by atoms with Crippen LogP contribution >= 0.6 is 0 Å². The van der Waals surface area contributed by atoms with Crippen molar-refractivity contribution in [3.63, 3.8) is 0 Å². The average molecular weight is 498 g/mol. The van der Waals surface area contributed by atoms with Crippen LogP contribution in [0.1, 0.15) is 16.7 Å². The molecule has 0 aliphatic carbocycles. The highest BCUT2D eigenvalue weighted by molar-refractivity contribution is 7.86. The third kappa shape index (κ3) is 9.50. The molecule has 0 spiro atoms. The molecule has 3 aromatic carbocycles. The first-order valence-corrected chi connectivity index (χ1v) is 12.7. The standard InChI is InChI=1S/C26H27NO7S/c1-35(30,31)34-24-14-12-20(13-15-24)16-23(25(28)32-18-21-8-4-2-5-9-21)17-27-26(29)33-19-22-10-6-3-7-11-22/h2-15,23H,16-19H2,1H3,(H,27,29). The van der Waals surface area contributed by atoms with Crippen LogP contribution in [0.5, 0.6) is 5.75 Å². The van der Waals surface area contributed by atoms with Crippen LogP contribution in [0, 0.1) is 5.92 Å². The Hall–Kier alpha value is -3.85. The van der Waals surface area contributed by atoms with Gasteiger partial charge in [-0.2, -0.15) is 8.42 Å². The molecule has 1 unspecified atom stereocenters. The third-order valence-corrected chi connectivity index (χ3v) is 5.41. The highest BCUT2D eigenvalue weighted by Gasteiger charge is 2.22. The maximum Gasteiger partial charge on any atom is 0.407 e. The van der Waals surface area contributed by atoms with E-state index in [9.17, 15) is 18.0 Å². The largest absolute Gasteiger partial charge is 0.461 e. The van der Waals surface area contributed by atoms with Crippen molar-refractivity contribution < 1.29 is 31.7 Å². The first-order chi connectivity index (χ1) is 16.8. The average Bonchev–Trinajstić information content (AvgIpc) is 2.85. The summed E-state index contributed by atoms with van der Waals surface area (Å²) >= 11 is 0. The van der Waals surface area contributed by atoms with Crippen molar-refractivity contribution in [2.75, 3.05) is 12.8 Å². The molecule has 1 atom stereocenters. The molecule has 0 aromatic heterocycles. The van der Waals surface area contributed by atoms with E-state index in [1.807, 2.05) is 60.7 Å². The summed E-state index contributed by atoms with van der Waals surface area (Å²) in [7, 11) is -3.64. The number of rotatable bonds is 11. The molecule has 3 rings (SSSR count). The number of alkyl carbamates (subject to hydrolysis) is 1. The molecule has 0 radical (unpaired) electrons. The van der Waals surface area contributed by atoms with Crippen molar-refractivity contribution in [2.45, 2.75) is 19.6 Å². The molecule has 184 valence electrons. The van der Waals surface area contributed by atoms with E-state index in [2.05, 4.69) is 5.32 Å². The van der Waals surface area contributed by atoms with E-state index >= 15 is 0 Å². The summed E-state index contributed by atoms with van der Waals surface area (Å²) in [6, 6.07) is 24.9. The van der Waals surface area contributed by atoms with Crippen molar-refractivity contribution in [3.8, 4) is 5.75 Å². The van der Waals surface area contributed by atoms with Gasteiger partial charge in [-0.05, 0) is 35.2 Å². The summed E-state index contributed by atoms with van der Waals surface area (Å²) in [6.07, 6.45) is 0.570. The lowest BCUT2D eigenvalue weighted by atomic mass is 9.99. The Morgan fingerprint density at radius 2 is 1.31 bits per heavy atom. The second-order valence-electron chi connectivity index (χ2n) is 7.87. The maximum absolute atomic E-state index is 12.8. The fraction of sp³-hybridized carbons (Fsp3) is 0.231. The Bertz CT molecular complexity index is 1200. The number of benzene rings is 3. The minimum atomic E-state index is -3.64. The summed E-state index contributed by atoms with van der Waals surface area (Å²) < 4.78 is 38.1. The molecular formula is C26H27NO7S. The molecule has 35 heavy (non-hydrogen) atoms. The molecule has 1 amide bonds. The molecule has 8 nitrogen and oxygen atoms in total. The van der Waals surface area contributed by atoms with Gasteiger partial charge in [0, 0.05) is 6.54 Å². The molecule has 0 saturated carbocycles. The monoisotopic (exact) mass is 497 g/mol. The topological polar surface area (TPSA) is 108 Å². The van der Waals surface area contributed by atoms with E-state index in [0.29, 0.717) is 0 Å². The first-order valence-electron chi connectivity index (χ1n) is 10.9. The lowest BCUT2D eigenvalue weighted by molar-refractivity contribution is -0.149. The van der Waals surface area contributed by atoms with Gasteiger partial charge in [-0.25, -0.2) is 4.79 Å². The second-order valence-corrected chi connectivity index (χ2v) is 9.44. The minimum Gasteiger partial charge on any atom is -0.461 e. The Kier molecular flexibility index (Phi) is 9.25. The van der Waals surface area contributed by atoms with Gasteiger partial charge in [0.15, 0.2) is 0 Å². The van der Waals surface area contributed by atoms with E-state index in [1.54, 1.807) is 12.1 Å². The van der Waals surface area contributed by atoms with Gasteiger partial charge in [0.2, 0.25) is 0 Å². The Morgan fingerprint density at radius 1 is 0.771 bits per heavy atom. The summed E-state index contributed by atoms with van der Waals surface area (Å²) in [5.74, 6) is -1.000. The quantitative estimate of drug-likeness (QED) is 0.317. The molecule has 0 aliphatic rings. The van der Waals surface area contributed by atoms with Gasteiger partial charge in [0.05, 0.1) is 12.2 Å². The Balaban J connectivity index is 1.61. The highest BCUT2D eigenvalue weighted by atomic mass is 32.2. The molecule has 9 heteroatoms. The number of nitrogens with one attached hydrogen (secondary N) is 1.